The molecule has 1 aliphatic rings. The van der Waals surface area contributed by atoms with E-state index in [1.807, 2.05) is 0 Å². The minimum absolute atomic E-state index is 0. The molecule has 0 amide bonds. The number of rotatable bonds is 7. The molecule has 0 heterocycles. The predicted molar refractivity (Wildman–Crippen MR) is 85.7 cm³/mol. The second-order valence-corrected chi connectivity index (χ2v) is 4.65. The van der Waals surface area contributed by atoms with Gasteiger partial charge in [-0.25, -0.2) is 0 Å². The lowest BCUT2D eigenvalue weighted by molar-refractivity contribution is -0.132. The minimum Gasteiger partial charge on any atom is -0.356 e. The van der Waals surface area contributed by atoms with Crippen molar-refractivity contribution in [2.75, 3.05) is 33.2 Å². The average Bonchev–Trinajstić information content (AvgIpc) is 3.15. The number of guanidine groups is 1. The first-order valence-corrected chi connectivity index (χ1v) is 6.71. The van der Waals surface area contributed by atoms with E-state index in [1.165, 1.54) is 12.8 Å². The van der Waals surface area contributed by atoms with Gasteiger partial charge in [-0.1, -0.05) is 6.92 Å². The van der Waals surface area contributed by atoms with Crippen molar-refractivity contribution in [2.24, 2.45) is 4.99 Å². The molecule has 1 rings (SSSR count). The van der Waals surface area contributed by atoms with E-state index in [9.17, 15) is 13.2 Å². The number of hydrogen-bond donors (Lipinski definition) is 2. The average molecular weight is 408 g/mol. The first-order chi connectivity index (χ1) is 8.96. The highest BCUT2D eigenvalue weighted by molar-refractivity contribution is 14.0. The molecule has 0 aromatic rings. The number of hydrogen-bond acceptors (Lipinski definition) is 2. The van der Waals surface area contributed by atoms with Gasteiger partial charge in [-0.2, -0.15) is 13.2 Å². The Bertz CT molecular complexity index is 293. The summed E-state index contributed by atoms with van der Waals surface area (Å²) in [6.07, 6.45) is -2.47. The molecule has 20 heavy (non-hydrogen) atoms. The van der Waals surface area contributed by atoms with Crippen LogP contribution in [0, 0.1) is 0 Å². The zero-order valence-corrected chi connectivity index (χ0v) is 14.3. The smallest absolute Gasteiger partial charge is 0.356 e. The maximum Gasteiger partial charge on any atom is 0.390 e. The molecule has 0 bridgehead atoms. The van der Waals surface area contributed by atoms with E-state index in [1.54, 1.807) is 7.05 Å². The van der Waals surface area contributed by atoms with Crippen molar-refractivity contribution in [2.45, 2.75) is 38.4 Å². The predicted octanol–water partition coefficient (Wildman–Crippen LogP) is 2.21. The largest absolute Gasteiger partial charge is 0.390 e. The van der Waals surface area contributed by atoms with Crippen LogP contribution >= 0.6 is 24.0 Å². The van der Waals surface area contributed by atoms with Gasteiger partial charge in [0.1, 0.15) is 0 Å². The van der Waals surface area contributed by atoms with Crippen LogP contribution in [0.2, 0.25) is 0 Å². The van der Waals surface area contributed by atoms with Crippen molar-refractivity contribution in [3.63, 3.8) is 0 Å². The summed E-state index contributed by atoms with van der Waals surface area (Å²) in [5.74, 6) is 0.427. The van der Waals surface area contributed by atoms with Gasteiger partial charge in [-0.15, -0.1) is 24.0 Å². The van der Waals surface area contributed by atoms with Gasteiger partial charge >= 0.3 is 6.18 Å². The highest BCUT2D eigenvalue weighted by atomic mass is 127. The molecule has 1 aliphatic carbocycles. The van der Waals surface area contributed by atoms with Crippen molar-refractivity contribution < 1.29 is 13.2 Å². The summed E-state index contributed by atoms with van der Waals surface area (Å²) in [7, 11) is 1.56. The van der Waals surface area contributed by atoms with Crippen LogP contribution in [0.5, 0.6) is 0 Å². The standard InChI is InChI=1S/C12H23F3N4.HI/c1-3-19(10-4-5-10)9-8-18-11(16-2)17-7-6-12(13,14)15;/h10H,3-9H2,1-2H3,(H2,16,17,18);1H. The Labute approximate surface area is 135 Å². The van der Waals surface area contributed by atoms with Gasteiger partial charge in [0.15, 0.2) is 5.96 Å². The van der Waals surface area contributed by atoms with Gasteiger partial charge < -0.3 is 10.6 Å². The van der Waals surface area contributed by atoms with Gasteiger partial charge in [0.05, 0.1) is 6.42 Å². The summed E-state index contributed by atoms with van der Waals surface area (Å²) in [6, 6.07) is 0.701. The van der Waals surface area contributed by atoms with Gasteiger partial charge in [0.25, 0.3) is 0 Å². The summed E-state index contributed by atoms with van der Waals surface area (Å²) in [6.45, 7) is 4.56. The SMILES string of the molecule is CCN(CCNC(=NC)NCCC(F)(F)F)C1CC1.I. The topological polar surface area (TPSA) is 39.7 Å². The molecule has 0 spiro atoms. The lowest BCUT2D eigenvalue weighted by Crippen LogP contribution is -2.42. The highest BCUT2D eigenvalue weighted by Gasteiger charge is 2.27. The second-order valence-electron chi connectivity index (χ2n) is 4.65. The molecular weight excluding hydrogens is 384 g/mol. The Morgan fingerprint density at radius 2 is 1.85 bits per heavy atom. The van der Waals surface area contributed by atoms with E-state index < -0.39 is 12.6 Å². The summed E-state index contributed by atoms with van der Waals surface area (Å²) < 4.78 is 36.0. The third kappa shape index (κ3) is 8.83. The molecule has 2 N–H and O–H groups in total. The van der Waals surface area contributed by atoms with Crippen molar-refractivity contribution in [1.82, 2.24) is 15.5 Å². The summed E-state index contributed by atoms with van der Waals surface area (Å²) in [5, 5.41) is 5.70. The van der Waals surface area contributed by atoms with Gasteiger partial charge in [-0.05, 0) is 19.4 Å². The Hall–Kier alpha value is -0.250. The fourth-order valence-electron chi connectivity index (χ4n) is 1.90. The first-order valence-electron chi connectivity index (χ1n) is 6.71. The molecule has 4 nitrogen and oxygen atoms in total. The molecule has 1 fully saturated rings. The Balaban J connectivity index is 0.00000361. The van der Waals surface area contributed by atoms with Crippen LogP contribution in [0.3, 0.4) is 0 Å². The summed E-state index contributed by atoms with van der Waals surface area (Å²) in [5.41, 5.74) is 0. The molecule has 0 radical (unpaired) electrons. The Kier molecular flexibility index (Phi) is 9.52. The van der Waals surface area contributed by atoms with E-state index in [0.717, 1.165) is 13.1 Å². The fraction of sp³-hybridized carbons (Fsp3) is 0.917. The highest BCUT2D eigenvalue weighted by Crippen LogP contribution is 2.25. The molecular formula is C12H24F3IN4. The number of nitrogens with one attached hydrogen (secondary N) is 2. The first kappa shape index (κ1) is 19.8. The van der Waals surface area contributed by atoms with Crippen LogP contribution in [-0.2, 0) is 0 Å². The minimum atomic E-state index is -4.13. The van der Waals surface area contributed by atoms with E-state index in [0.29, 0.717) is 18.5 Å². The van der Waals surface area contributed by atoms with Crippen LogP contribution in [0.15, 0.2) is 4.99 Å². The molecule has 120 valence electrons. The second kappa shape index (κ2) is 9.64. The molecule has 0 unspecified atom stereocenters. The molecule has 0 aromatic heterocycles. The van der Waals surface area contributed by atoms with Crippen LogP contribution in [-0.4, -0.2) is 56.3 Å². The molecule has 8 heteroatoms. The number of aliphatic imine (C=N–C) groups is 1. The van der Waals surface area contributed by atoms with Crippen molar-refractivity contribution >= 4 is 29.9 Å². The van der Waals surface area contributed by atoms with Crippen LogP contribution in [0.25, 0.3) is 0 Å². The van der Waals surface area contributed by atoms with Gasteiger partial charge in [-0.3, -0.25) is 9.89 Å². The van der Waals surface area contributed by atoms with Gasteiger partial charge in [0.2, 0.25) is 0 Å². The third-order valence-electron chi connectivity index (χ3n) is 3.09. The van der Waals surface area contributed by atoms with Crippen LogP contribution in [0.1, 0.15) is 26.2 Å². The molecule has 0 atom stereocenters. The monoisotopic (exact) mass is 408 g/mol. The van der Waals surface area contributed by atoms with E-state index in [2.05, 4.69) is 27.4 Å². The molecule has 0 aromatic carbocycles. The van der Waals surface area contributed by atoms with E-state index >= 15 is 0 Å². The zero-order chi connectivity index (χ0) is 14.3. The maximum absolute atomic E-state index is 12.0. The summed E-state index contributed by atoms with van der Waals surface area (Å²) >= 11 is 0. The fourth-order valence-corrected chi connectivity index (χ4v) is 1.90. The van der Waals surface area contributed by atoms with Gasteiger partial charge in [0, 0.05) is 32.7 Å². The van der Waals surface area contributed by atoms with Crippen molar-refractivity contribution in [3.8, 4) is 0 Å². The van der Waals surface area contributed by atoms with Crippen LogP contribution in [0.4, 0.5) is 13.2 Å². The maximum atomic E-state index is 12.0. The Morgan fingerprint density at radius 1 is 1.25 bits per heavy atom. The van der Waals surface area contributed by atoms with Crippen molar-refractivity contribution in [1.29, 1.82) is 0 Å². The normalized spacial score (nSPS) is 16.0. The quantitative estimate of drug-likeness (QED) is 0.386. The van der Waals surface area contributed by atoms with Crippen LogP contribution < -0.4 is 10.6 Å². The number of nitrogens with zero attached hydrogens (tertiary/aromatic N) is 2. The van der Waals surface area contributed by atoms with E-state index in [4.69, 9.17) is 0 Å². The van der Waals surface area contributed by atoms with E-state index in [-0.39, 0.29) is 30.5 Å². The zero-order valence-electron chi connectivity index (χ0n) is 12.0. The molecule has 0 aliphatic heterocycles. The van der Waals surface area contributed by atoms with Crippen molar-refractivity contribution in [3.05, 3.63) is 0 Å². The third-order valence-corrected chi connectivity index (χ3v) is 3.09. The number of likely N-dealkylation sites (N-methyl/N-ethyl adjacent to an activating group) is 1. The lowest BCUT2D eigenvalue weighted by Gasteiger charge is -2.20. The molecule has 1 saturated carbocycles. The summed E-state index contributed by atoms with van der Waals surface area (Å²) in [4.78, 5) is 6.27. The Morgan fingerprint density at radius 3 is 2.30 bits per heavy atom. The number of halogens is 4. The number of alkyl halides is 3. The lowest BCUT2D eigenvalue weighted by atomic mass is 10.4. The molecule has 0 saturated heterocycles.